The van der Waals surface area contributed by atoms with Crippen LogP contribution in [0.25, 0.3) is 0 Å². The third kappa shape index (κ3) is 28.8. The number of quaternary nitrogens is 1. The number of rotatable bonds is 37. The molecule has 12 heteroatoms. The lowest BCUT2D eigenvalue weighted by molar-refractivity contribution is -0.870. The average Bonchev–Trinajstić information content (AvgIpc) is 3.40. The minimum absolute atomic E-state index is 0.0205. The number of nitrogens with zero attached hydrogens (tertiary/aromatic N) is 1. The summed E-state index contributed by atoms with van der Waals surface area (Å²) >= 11 is 0. The molecule has 1 saturated carbocycles. The van der Waals surface area contributed by atoms with Crippen LogP contribution in [0.2, 0.25) is 0 Å². The molecule has 0 aromatic heterocycles. The van der Waals surface area contributed by atoms with E-state index in [2.05, 4.69) is 13.8 Å². The van der Waals surface area contributed by atoms with Crippen LogP contribution in [-0.4, -0.2) is 97.2 Å². The van der Waals surface area contributed by atoms with E-state index in [4.69, 9.17) is 18.5 Å². The summed E-state index contributed by atoms with van der Waals surface area (Å²) in [4.78, 5) is 35.6. The zero-order valence-electron chi connectivity index (χ0n) is 36.1. The quantitative estimate of drug-likeness (QED) is 0.0138. The van der Waals surface area contributed by atoms with Gasteiger partial charge < -0.3 is 29.1 Å². The molecule has 1 unspecified atom stereocenters. The van der Waals surface area contributed by atoms with Crippen molar-refractivity contribution in [2.45, 2.75) is 186 Å². The normalized spacial score (nSPS) is 19.9. The molecule has 0 heterocycles. The summed E-state index contributed by atoms with van der Waals surface area (Å²) in [5.41, 5.74) is 0. The highest BCUT2D eigenvalue weighted by Gasteiger charge is 2.39. The van der Waals surface area contributed by atoms with Gasteiger partial charge in [0.1, 0.15) is 25.5 Å². The minimum Gasteiger partial charge on any atom is -0.498 e. The first-order valence-electron chi connectivity index (χ1n) is 22.2. The molecule has 1 aliphatic rings. The molecular weight excluding hydrogens is 733 g/mol. The second-order valence-corrected chi connectivity index (χ2v) is 18.4. The van der Waals surface area contributed by atoms with Gasteiger partial charge in [-0.05, 0) is 44.1 Å². The van der Waals surface area contributed by atoms with Crippen LogP contribution in [0.4, 0.5) is 0 Å². The summed E-state index contributed by atoms with van der Waals surface area (Å²) < 4.78 is 34.7. The van der Waals surface area contributed by atoms with Crippen molar-refractivity contribution < 1.29 is 52.3 Å². The van der Waals surface area contributed by atoms with Gasteiger partial charge in [0.2, 0.25) is 0 Å². The first-order chi connectivity index (χ1) is 26.8. The van der Waals surface area contributed by atoms with Crippen LogP contribution in [-0.2, 0) is 32.7 Å². The molecule has 328 valence electrons. The van der Waals surface area contributed by atoms with Crippen LogP contribution in [0.3, 0.4) is 0 Å². The fourth-order valence-electron chi connectivity index (χ4n) is 6.95. The summed E-state index contributed by atoms with van der Waals surface area (Å²) in [6.45, 7) is 4.56. The number of phosphoric acid groups is 1. The van der Waals surface area contributed by atoms with Crippen LogP contribution in [0.5, 0.6) is 0 Å². The number of hydrogen-bond donors (Lipinski definition) is 3. The zero-order chi connectivity index (χ0) is 41.5. The Labute approximate surface area is 341 Å². The van der Waals surface area contributed by atoms with Crippen molar-refractivity contribution in [3.8, 4) is 0 Å². The molecule has 0 bridgehead atoms. The van der Waals surface area contributed by atoms with E-state index in [0.29, 0.717) is 30.3 Å². The number of esters is 1. The Hall–Kier alpha value is -1.59. The van der Waals surface area contributed by atoms with Crippen molar-refractivity contribution in [3.05, 3.63) is 24.5 Å². The maximum absolute atomic E-state index is 12.8. The molecule has 3 N–H and O–H groups in total. The van der Waals surface area contributed by atoms with Gasteiger partial charge in [-0.25, -0.2) is 4.57 Å². The number of unbranched alkanes of at least 4 members (excludes halogenated alkanes) is 17. The van der Waals surface area contributed by atoms with E-state index in [1.54, 1.807) is 18.4 Å². The zero-order valence-corrected chi connectivity index (χ0v) is 37.0. The van der Waals surface area contributed by atoms with E-state index < -0.39 is 32.1 Å². The average molecular weight is 817 g/mol. The lowest BCUT2D eigenvalue weighted by Gasteiger charge is -2.24. The molecule has 0 radical (unpaired) electrons. The van der Waals surface area contributed by atoms with Gasteiger partial charge in [0.05, 0.1) is 46.2 Å². The number of carbonyl (C=O) groups is 2. The fourth-order valence-corrected chi connectivity index (χ4v) is 7.69. The molecule has 0 aromatic rings. The summed E-state index contributed by atoms with van der Waals surface area (Å²) in [6, 6.07) is 0. The second kappa shape index (κ2) is 32.3. The third-order valence-corrected chi connectivity index (χ3v) is 11.5. The Bertz CT molecular complexity index is 1110. The van der Waals surface area contributed by atoms with Gasteiger partial charge in [-0.15, -0.1) is 0 Å². The van der Waals surface area contributed by atoms with Gasteiger partial charge in [-0.3, -0.25) is 18.6 Å². The molecule has 0 saturated heterocycles. The Morgan fingerprint density at radius 1 is 0.839 bits per heavy atom. The number of aliphatic hydroxyl groups excluding tert-OH is 2. The largest absolute Gasteiger partial charge is 0.498 e. The molecule has 1 aliphatic carbocycles. The summed E-state index contributed by atoms with van der Waals surface area (Å²) in [5.74, 6) is -0.956. The van der Waals surface area contributed by atoms with E-state index in [0.717, 1.165) is 51.4 Å². The molecule has 56 heavy (non-hydrogen) atoms. The first kappa shape index (κ1) is 52.4. The van der Waals surface area contributed by atoms with Gasteiger partial charge in [-0.1, -0.05) is 135 Å². The van der Waals surface area contributed by atoms with Crippen molar-refractivity contribution in [1.82, 2.24) is 0 Å². The van der Waals surface area contributed by atoms with Gasteiger partial charge in [0.25, 0.3) is 0 Å². The van der Waals surface area contributed by atoms with Crippen LogP contribution in [0, 0.1) is 11.8 Å². The number of allylic oxidation sites excluding steroid dienone is 2. The van der Waals surface area contributed by atoms with E-state index >= 15 is 0 Å². The van der Waals surface area contributed by atoms with E-state index in [1.165, 1.54) is 70.6 Å². The molecule has 1 fully saturated rings. The Morgan fingerprint density at radius 3 is 2.07 bits per heavy atom. The third-order valence-electron chi connectivity index (χ3n) is 10.5. The monoisotopic (exact) mass is 817 g/mol. The van der Waals surface area contributed by atoms with E-state index in [-0.39, 0.29) is 50.3 Å². The topological polar surface area (TPSA) is 149 Å². The number of hydrogen-bond acceptors (Lipinski definition) is 9. The predicted octanol–water partition coefficient (Wildman–Crippen LogP) is 9.76. The van der Waals surface area contributed by atoms with Crippen molar-refractivity contribution in [3.63, 3.8) is 0 Å². The summed E-state index contributed by atoms with van der Waals surface area (Å²) in [5, 5.41) is 20.8. The number of likely N-dealkylation sites (N-methyl/N-ethyl adjacent to an activating group) is 1. The molecule has 0 aromatic carbocycles. The summed E-state index contributed by atoms with van der Waals surface area (Å²) in [7, 11) is 1.49. The molecule has 0 spiro atoms. The highest BCUT2D eigenvalue weighted by Crippen LogP contribution is 2.43. The number of ketones is 1. The van der Waals surface area contributed by atoms with Gasteiger partial charge >= 0.3 is 13.8 Å². The highest BCUT2D eigenvalue weighted by molar-refractivity contribution is 7.47. The van der Waals surface area contributed by atoms with E-state index in [9.17, 15) is 29.3 Å². The number of phosphoric ester groups is 1. The van der Waals surface area contributed by atoms with Crippen molar-refractivity contribution in [2.75, 3.05) is 47.5 Å². The van der Waals surface area contributed by atoms with Crippen LogP contribution < -0.4 is 0 Å². The lowest BCUT2D eigenvalue weighted by Crippen LogP contribution is -2.37. The Kier molecular flexibility index (Phi) is 30.2. The summed E-state index contributed by atoms with van der Waals surface area (Å²) in [6.07, 6.45) is 29.2. The SMILES string of the molecule is CCCCCCCCCCCCCC/C=C/OC[C@H](COP(=O)(O)OCC[N+](C)(C)C)OC(=O)CCCCCC[C@H]1[C@@H](O)CC(=O)[C@@H]1/C=C/[C@@H](O)CCCCC. The molecule has 1 rings (SSSR count). The predicted molar refractivity (Wildman–Crippen MR) is 225 cm³/mol. The molecule has 0 amide bonds. The van der Waals surface area contributed by atoms with Crippen molar-refractivity contribution >= 4 is 19.6 Å². The molecule has 6 atom stereocenters. The number of ether oxygens (including phenoxy) is 2. The number of Topliss-reactive ketones (excluding diaryl/α,β-unsaturated/α-hetero) is 1. The maximum atomic E-state index is 12.8. The number of carbonyl (C=O) groups excluding carboxylic acids is 2. The van der Waals surface area contributed by atoms with Gasteiger partial charge in [0, 0.05) is 18.8 Å². The molecule has 11 nitrogen and oxygen atoms in total. The maximum Gasteiger partial charge on any atom is 0.472 e. The van der Waals surface area contributed by atoms with E-state index in [1.807, 2.05) is 27.2 Å². The standard InChI is InChI=1S/C44H82NO10P/c1-6-8-10-11-12-13-14-15-16-17-18-19-22-26-33-52-36-39(37-54-56(50,51)53-34-32-45(3,4)5)55-44(49)29-25-21-20-24-28-40-41(43(48)35-42(40)47)31-30-38(46)27-23-9-7-2/h26,30-31,33,38-42,46-47H,6-25,27-29,32,34-37H2,1-5H3/p+1/b31-30+,33-26+/t38-,39+,40+,41+,42-/m0/s1. The minimum atomic E-state index is -4.35. The first-order valence-corrected chi connectivity index (χ1v) is 23.7. The molecule has 0 aliphatic heterocycles. The van der Waals surface area contributed by atoms with Crippen molar-refractivity contribution in [2.24, 2.45) is 11.8 Å². The van der Waals surface area contributed by atoms with Crippen molar-refractivity contribution in [1.29, 1.82) is 0 Å². The van der Waals surface area contributed by atoms with Gasteiger partial charge in [-0.2, -0.15) is 0 Å². The lowest BCUT2D eigenvalue weighted by atomic mass is 9.88. The Morgan fingerprint density at radius 2 is 1.43 bits per heavy atom. The highest BCUT2D eigenvalue weighted by atomic mass is 31.2. The van der Waals surface area contributed by atoms with Crippen LogP contribution >= 0.6 is 7.82 Å². The van der Waals surface area contributed by atoms with Gasteiger partial charge in [0.15, 0.2) is 6.10 Å². The smallest absolute Gasteiger partial charge is 0.472 e. The van der Waals surface area contributed by atoms with Crippen LogP contribution in [0.1, 0.15) is 168 Å². The molecular formula is C44H83NO10P+. The second-order valence-electron chi connectivity index (χ2n) is 16.9. The number of aliphatic hydroxyl groups is 2. The van der Waals surface area contributed by atoms with Crippen LogP contribution in [0.15, 0.2) is 24.5 Å². The Balaban J connectivity index is 2.45. The fraction of sp³-hybridized carbons (Fsp3) is 0.864.